The van der Waals surface area contributed by atoms with Crippen LogP contribution in [-0.4, -0.2) is 11.7 Å². The van der Waals surface area contributed by atoms with Crippen LogP contribution in [0.4, 0.5) is 5.69 Å². The van der Waals surface area contributed by atoms with E-state index in [4.69, 9.17) is 24.6 Å². The van der Waals surface area contributed by atoms with E-state index in [1.807, 2.05) is 85.8 Å². The van der Waals surface area contributed by atoms with E-state index in [9.17, 15) is 0 Å². The minimum Gasteiger partial charge on any atom is -0.456 e. The van der Waals surface area contributed by atoms with Crippen LogP contribution < -0.4 is 11.1 Å². The average Bonchev–Trinajstić information content (AvgIpc) is 3.68. The molecule has 6 aromatic carbocycles. The molecular weight excluding hydrogens is 592 g/mol. The maximum absolute atomic E-state index is 6.64. The number of amidine groups is 2. The highest BCUT2D eigenvalue weighted by Gasteiger charge is 2.25. The summed E-state index contributed by atoms with van der Waals surface area (Å²) < 4.78 is 12.3. The van der Waals surface area contributed by atoms with Crippen LogP contribution in [0.25, 0.3) is 60.9 Å². The first-order valence-electron chi connectivity index (χ1n) is 16.0. The van der Waals surface area contributed by atoms with Gasteiger partial charge in [-0.05, 0) is 64.7 Å². The van der Waals surface area contributed by atoms with Crippen molar-refractivity contribution in [1.82, 2.24) is 5.32 Å². The van der Waals surface area contributed by atoms with Crippen molar-refractivity contribution < 1.29 is 8.83 Å². The molecule has 0 saturated carbocycles. The van der Waals surface area contributed by atoms with Crippen LogP contribution in [0.5, 0.6) is 0 Å². The lowest BCUT2D eigenvalue weighted by Crippen LogP contribution is -2.33. The molecule has 1 atom stereocenters. The van der Waals surface area contributed by atoms with Gasteiger partial charge in [-0.2, -0.15) is 0 Å². The Kier molecular flexibility index (Phi) is 6.47. The molecule has 3 N–H and O–H groups in total. The first-order valence-corrected chi connectivity index (χ1v) is 16.0. The van der Waals surface area contributed by atoms with Gasteiger partial charge in [-0.3, -0.25) is 0 Å². The molecule has 0 bridgehead atoms. The summed E-state index contributed by atoms with van der Waals surface area (Å²) in [5.41, 5.74) is 14.8. The van der Waals surface area contributed by atoms with Crippen LogP contribution in [0.15, 0.2) is 152 Å². The molecular formula is C42H30N4O2. The molecule has 0 aliphatic carbocycles. The second-order valence-corrected chi connectivity index (χ2v) is 11.9. The molecule has 1 aliphatic heterocycles. The number of furan rings is 2. The number of allylic oxidation sites excluding steroid dienone is 1. The van der Waals surface area contributed by atoms with Crippen molar-refractivity contribution in [2.45, 2.75) is 13.1 Å². The summed E-state index contributed by atoms with van der Waals surface area (Å²) in [5, 5.41) is 8.98. The molecule has 1 unspecified atom stereocenters. The number of fused-ring (bicyclic) bond motifs is 5. The zero-order valence-corrected chi connectivity index (χ0v) is 26.1. The number of hydrogen-bond donors (Lipinski definition) is 2. The zero-order valence-electron chi connectivity index (χ0n) is 26.1. The molecule has 0 fully saturated rings. The highest BCUT2D eigenvalue weighted by molar-refractivity contribution is 6.19. The lowest BCUT2D eigenvalue weighted by molar-refractivity contribution is 0.605. The summed E-state index contributed by atoms with van der Waals surface area (Å²) in [4.78, 5) is 10.2. The smallest absolute Gasteiger partial charge is 0.159 e. The van der Waals surface area contributed by atoms with Gasteiger partial charge in [0.1, 0.15) is 28.8 Å². The number of nitrogens with one attached hydrogen (secondary N) is 1. The first-order chi connectivity index (χ1) is 23.7. The van der Waals surface area contributed by atoms with E-state index in [0.29, 0.717) is 28.7 Å². The number of nitrogens with two attached hydrogens (primary N) is 1. The normalized spacial score (nSPS) is 15.0. The molecule has 9 rings (SSSR count). The largest absolute Gasteiger partial charge is 0.456 e. The molecule has 230 valence electrons. The Morgan fingerprint density at radius 3 is 2.25 bits per heavy atom. The Morgan fingerprint density at radius 2 is 1.40 bits per heavy atom. The van der Waals surface area contributed by atoms with E-state index in [1.165, 1.54) is 0 Å². The van der Waals surface area contributed by atoms with Crippen LogP contribution in [0, 0.1) is 0 Å². The van der Waals surface area contributed by atoms with Gasteiger partial charge < -0.3 is 19.9 Å². The average molecular weight is 623 g/mol. The van der Waals surface area contributed by atoms with Gasteiger partial charge in [0.05, 0.1) is 11.1 Å². The Balaban J connectivity index is 1.17. The van der Waals surface area contributed by atoms with E-state index in [-0.39, 0.29) is 6.17 Å². The molecule has 48 heavy (non-hydrogen) atoms. The van der Waals surface area contributed by atoms with Crippen LogP contribution in [0.2, 0.25) is 0 Å². The topological polar surface area (TPSA) is 89.0 Å². The van der Waals surface area contributed by atoms with Crippen molar-refractivity contribution in [3.8, 4) is 11.1 Å². The van der Waals surface area contributed by atoms with Gasteiger partial charge in [-0.15, -0.1) is 0 Å². The first kappa shape index (κ1) is 27.9. The quantitative estimate of drug-likeness (QED) is 0.200. The van der Waals surface area contributed by atoms with E-state index < -0.39 is 0 Å². The van der Waals surface area contributed by atoms with Crippen molar-refractivity contribution in [3.05, 3.63) is 156 Å². The number of benzene rings is 6. The van der Waals surface area contributed by atoms with Gasteiger partial charge in [0.25, 0.3) is 0 Å². The third kappa shape index (κ3) is 4.49. The number of hydrogen-bond acceptors (Lipinski definition) is 6. The van der Waals surface area contributed by atoms with Gasteiger partial charge in [0, 0.05) is 21.9 Å². The predicted molar refractivity (Wildman–Crippen MR) is 197 cm³/mol. The molecule has 0 saturated heterocycles. The minimum atomic E-state index is -0.389. The monoisotopic (exact) mass is 622 g/mol. The number of nitrogens with zero attached hydrogens (tertiary/aromatic N) is 2. The minimum absolute atomic E-state index is 0.389. The van der Waals surface area contributed by atoms with Gasteiger partial charge in [0.15, 0.2) is 11.6 Å². The Morgan fingerprint density at radius 1 is 0.667 bits per heavy atom. The maximum Gasteiger partial charge on any atom is 0.159 e. The summed E-state index contributed by atoms with van der Waals surface area (Å²) in [6.45, 7) is 1.94. The number of para-hydroxylation sites is 1. The number of aliphatic imine (C=N–C) groups is 2. The van der Waals surface area contributed by atoms with E-state index in [1.54, 1.807) is 0 Å². The lowest BCUT2D eigenvalue weighted by Gasteiger charge is -2.24. The lowest BCUT2D eigenvalue weighted by atomic mass is 9.93. The van der Waals surface area contributed by atoms with Crippen molar-refractivity contribution in [2.24, 2.45) is 9.98 Å². The highest BCUT2D eigenvalue weighted by Crippen LogP contribution is 2.40. The molecule has 0 radical (unpaired) electrons. The summed E-state index contributed by atoms with van der Waals surface area (Å²) in [5.74, 6) is 1.97. The van der Waals surface area contributed by atoms with Gasteiger partial charge in [-0.1, -0.05) is 109 Å². The molecule has 1 aliphatic rings. The highest BCUT2D eigenvalue weighted by atomic mass is 16.3. The van der Waals surface area contributed by atoms with Crippen LogP contribution in [0.1, 0.15) is 35.5 Å². The second-order valence-electron chi connectivity index (χ2n) is 11.9. The van der Waals surface area contributed by atoms with Crippen molar-refractivity contribution in [2.75, 3.05) is 5.73 Å². The molecule has 8 aromatic rings. The third-order valence-corrected chi connectivity index (χ3v) is 9.04. The second kappa shape index (κ2) is 11.1. The Hall–Kier alpha value is -6.40. The molecule has 3 heterocycles. The number of rotatable bonds is 5. The molecule has 6 heteroatoms. The van der Waals surface area contributed by atoms with Gasteiger partial charge in [0.2, 0.25) is 0 Å². The van der Waals surface area contributed by atoms with E-state index in [2.05, 4.69) is 66.0 Å². The molecule has 0 spiro atoms. The van der Waals surface area contributed by atoms with Crippen LogP contribution in [0.3, 0.4) is 0 Å². The Bertz CT molecular complexity index is 2620. The number of nitrogen functional groups attached to an aromatic ring is 1. The Labute approximate surface area is 276 Å². The standard InChI is InChI=1S/C42H30N4O2/c1-2-11-36-39(43)38-32(18-10-21-35(38)48-36)42-45-40(25-12-4-3-5-13-25)44-41(46-42)27-22-23-28-26(24-27)14-8-16-29(28)30-17-9-20-34-37(30)31-15-6-7-19-33(31)47-34/h2-24,41H,43H2,1H3,(H,44,45,46)/b11-2-. The third-order valence-electron chi connectivity index (χ3n) is 9.04. The summed E-state index contributed by atoms with van der Waals surface area (Å²) in [6.07, 6.45) is 3.41. The SMILES string of the molecule is C/C=C\c1oc2cccc(C3=NC(c4ccccc4)=NC(c4ccc5c(-c6cccc7oc8ccccc8c67)cccc5c4)N3)c2c1N. The fourth-order valence-corrected chi connectivity index (χ4v) is 6.84. The molecule has 6 nitrogen and oxygen atoms in total. The summed E-state index contributed by atoms with van der Waals surface area (Å²) in [6, 6.07) is 43.5. The van der Waals surface area contributed by atoms with Crippen molar-refractivity contribution in [1.29, 1.82) is 0 Å². The van der Waals surface area contributed by atoms with Gasteiger partial charge in [-0.25, -0.2) is 9.98 Å². The van der Waals surface area contributed by atoms with Crippen LogP contribution >= 0.6 is 0 Å². The molecule has 0 amide bonds. The number of anilines is 1. The maximum atomic E-state index is 6.64. The van der Waals surface area contributed by atoms with E-state index in [0.717, 1.165) is 65.9 Å². The van der Waals surface area contributed by atoms with Gasteiger partial charge >= 0.3 is 0 Å². The van der Waals surface area contributed by atoms with Crippen molar-refractivity contribution >= 4 is 67.1 Å². The molecule has 2 aromatic heterocycles. The summed E-state index contributed by atoms with van der Waals surface area (Å²) in [7, 11) is 0. The van der Waals surface area contributed by atoms with Crippen molar-refractivity contribution in [3.63, 3.8) is 0 Å². The predicted octanol–water partition coefficient (Wildman–Crippen LogP) is 10.3. The fraction of sp³-hybridized carbons (Fsp3) is 0.0476. The zero-order chi connectivity index (χ0) is 32.2. The summed E-state index contributed by atoms with van der Waals surface area (Å²) >= 11 is 0. The fourth-order valence-electron chi connectivity index (χ4n) is 6.84. The van der Waals surface area contributed by atoms with Crippen LogP contribution in [-0.2, 0) is 0 Å². The van der Waals surface area contributed by atoms with E-state index >= 15 is 0 Å².